The van der Waals surface area contributed by atoms with E-state index in [9.17, 15) is 22.0 Å². The first-order valence-corrected chi connectivity index (χ1v) is 5.16. The van der Waals surface area contributed by atoms with E-state index in [1.54, 1.807) is 0 Å². The fourth-order valence-corrected chi connectivity index (χ4v) is 1.85. The summed E-state index contributed by atoms with van der Waals surface area (Å²) in [7, 11) is 0. The van der Waals surface area contributed by atoms with Gasteiger partial charge >= 0.3 is 6.36 Å². The van der Waals surface area contributed by atoms with Crippen LogP contribution in [0.2, 0.25) is 0 Å². The Kier molecular flexibility index (Phi) is 4.47. The molecule has 0 spiro atoms. The van der Waals surface area contributed by atoms with Crippen molar-refractivity contribution in [1.82, 2.24) is 4.98 Å². The van der Waals surface area contributed by atoms with Gasteiger partial charge in [-0.1, -0.05) is 0 Å². The van der Waals surface area contributed by atoms with Crippen molar-refractivity contribution in [3.8, 4) is 5.75 Å². The molecule has 3 nitrogen and oxygen atoms in total. The van der Waals surface area contributed by atoms with Crippen molar-refractivity contribution in [2.75, 3.05) is 0 Å². The SMILES string of the molecule is OCc1c(OC(F)(F)F)cnc(C(F)F)c1I. The molecule has 96 valence electrons. The minimum atomic E-state index is -4.97. The number of aliphatic hydroxyl groups excluding tert-OH is 1. The van der Waals surface area contributed by atoms with Gasteiger partial charge in [0.25, 0.3) is 6.43 Å². The number of rotatable bonds is 3. The Morgan fingerprint density at radius 2 is 2.00 bits per heavy atom. The van der Waals surface area contributed by atoms with Gasteiger partial charge in [0.15, 0.2) is 5.75 Å². The summed E-state index contributed by atoms with van der Waals surface area (Å²) in [5.74, 6) is -0.784. The van der Waals surface area contributed by atoms with Crippen LogP contribution in [0.1, 0.15) is 17.7 Å². The van der Waals surface area contributed by atoms with Gasteiger partial charge in [0.1, 0.15) is 5.69 Å². The molecule has 1 aromatic heterocycles. The van der Waals surface area contributed by atoms with Crippen molar-refractivity contribution in [2.45, 2.75) is 19.4 Å². The van der Waals surface area contributed by atoms with Crippen LogP contribution in [0.3, 0.4) is 0 Å². The highest BCUT2D eigenvalue weighted by Crippen LogP contribution is 2.33. The summed E-state index contributed by atoms with van der Waals surface area (Å²) in [6.07, 6.45) is -7.39. The zero-order valence-electron chi connectivity index (χ0n) is 7.93. The Hall–Kier alpha value is -0.710. The van der Waals surface area contributed by atoms with Gasteiger partial charge in [-0.3, -0.25) is 4.98 Å². The average Bonchev–Trinajstić information content (AvgIpc) is 2.15. The molecule has 1 heterocycles. The van der Waals surface area contributed by atoms with Crippen LogP contribution in [0.5, 0.6) is 5.75 Å². The van der Waals surface area contributed by atoms with Crippen LogP contribution in [0, 0.1) is 3.57 Å². The van der Waals surface area contributed by atoms with Gasteiger partial charge < -0.3 is 9.84 Å². The normalized spacial score (nSPS) is 12.0. The predicted octanol–water partition coefficient (Wildman–Crippen LogP) is 3.01. The van der Waals surface area contributed by atoms with Crippen LogP contribution in [-0.2, 0) is 6.61 Å². The zero-order valence-corrected chi connectivity index (χ0v) is 10.1. The number of aliphatic hydroxyl groups is 1. The summed E-state index contributed by atoms with van der Waals surface area (Å²) < 4.78 is 64.0. The Bertz CT molecular complexity index is 410. The lowest BCUT2D eigenvalue weighted by molar-refractivity contribution is -0.275. The largest absolute Gasteiger partial charge is 0.573 e. The molecular weight excluding hydrogens is 364 g/mol. The van der Waals surface area contributed by atoms with E-state index in [1.807, 2.05) is 0 Å². The highest BCUT2D eigenvalue weighted by Gasteiger charge is 2.33. The minimum Gasteiger partial charge on any atom is -0.404 e. The van der Waals surface area contributed by atoms with E-state index in [0.29, 0.717) is 6.20 Å². The van der Waals surface area contributed by atoms with E-state index < -0.39 is 30.8 Å². The third-order valence-corrected chi connectivity index (χ3v) is 2.90. The number of ether oxygens (including phenoxy) is 1. The predicted molar refractivity (Wildman–Crippen MR) is 54.5 cm³/mol. The maximum atomic E-state index is 12.4. The standard InChI is InChI=1S/C8H5F5INO2/c9-7(10)6-5(14)3(2-16)4(1-15-6)17-8(11,12)13/h1,7,16H,2H2. The van der Waals surface area contributed by atoms with Gasteiger partial charge in [-0.15, -0.1) is 13.2 Å². The molecule has 1 rings (SSSR count). The van der Waals surface area contributed by atoms with E-state index in [2.05, 4.69) is 9.72 Å². The van der Waals surface area contributed by atoms with E-state index in [0.717, 1.165) is 0 Å². The third kappa shape index (κ3) is 3.63. The van der Waals surface area contributed by atoms with Gasteiger partial charge in [-0.05, 0) is 22.6 Å². The molecule has 17 heavy (non-hydrogen) atoms. The van der Waals surface area contributed by atoms with Crippen LogP contribution in [-0.4, -0.2) is 16.5 Å². The van der Waals surface area contributed by atoms with Crippen molar-refractivity contribution >= 4 is 22.6 Å². The van der Waals surface area contributed by atoms with E-state index in [4.69, 9.17) is 5.11 Å². The first-order chi connectivity index (χ1) is 7.76. The maximum Gasteiger partial charge on any atom is 0.573 e. The summed E-state index contributed by atoms with van der Waals surface area (Å²) in [5, 5.41) is 8.88. The van der Waals surface area contributed by atoms with Gasteiger partial charge in [0.05, 0.1) is 12.8 Å². The highest BCUT2D eigenvalue weighted by atomic mass is 127. The van der Waals surface area contributed by atoms with Crippen molar-refractivity contribution in [3.63, 3.8) is 0 Å². The molecule has 1 aromatic rings. The third-order valence-electron chi connectivity index (χ3n) is 1.70. The molecular formula is C8H5F5INO2. The molecule has 0 aliphatic carbocycles. The Balaban J connectivity index is 3.21. The van der Waals surface area contributed by atoms with Gasteiger partial charge in [0, 0.05) is 9.13 Å². The first kappa shape index (κ1) is 14.4. The number of hydrogen-bond acceptors (Lipinski definition) is 3. The smallest absolute Gasteiger partial charge is 0.404 e. The minimum absolute atomic E-state index is 0.248. The number of aromatic nitrogens is 1. The van der Waals surface area contributed by atoms with Crippen LogP contribution >= 0.6 is 22.6 Å². The molecule has 0 atom stereocenters. The van der Waals surface area contributed by atoms with E-state index >= 15 is 0 Å². The van der Waals surface area contributed by atoms with E-state index in [-0.39, 0.29) is 9.13 Å². The Morgan fingerprint density at radius 3 is 2.41 bits per heavy atom. The molecule has 0 aliphatic rings. The summed E-state index contributed by atoms with van der Waals surface area (Å²) in [6, 6.07) is 0. The van der Waals surface area contributed by atoms with Crippen LogP contribution in [0.15, 0.2) is 6.20 Å². The van der Waals surface area contributed by atoms with Crippen LogP contribution in [0.4, 0.5) is 22.0 Å². The van der Waals surface area contributed by atoms with Gasteiger partial charge in [-0.2, -0.15) is 0 Å². The number of halogens is 6. The van der Waals surface area contributed by atoms with Gasteiger partial charge in [-0.25, -0.2) is 8.78 Å². The summed E-state index contributed by atoms with van der Waals surface area (Å²) in [6.45, 7) is -0.855. The maximum absolute atomic E-state index is 12.4. The molecule has 0 aromatic carbocycles. The molecule has 0 fully saturated rings. The summed E-state index contributed by atoms with van der Waals surface area (Å²) in [4.78, 5) is 3.18. The quantitative estimate of drug-likeness (QED) is 0.658. The molecule has 0 saturated carbocycles. The number of pyridine rings is 1. The monoisotopic (exact) mass is 369 g/mol. The molecule has 0 radical (unpaired) electrons. The lowest BCUT2D eigenvalue weighted by Crippen LogP contribution is -2.19. The Morgan fingerprint density at radius 1 is 1.41 bits per heavy atom. The molecule has 0 unspecified atom stereocenters. The van der Waals surface area contributed by atoms with Crippen LogP contribution < -0.4 is 4.74 Å². The average molecular weight is 369 g/mol. The Labute approximate surface area is 106 Å². The topological polar surface area (TPSA) is 42.4 Å². The second-order valence-electron chi connectivity index (χ2n) is 2.81. The lowest BCUT2D eigenvalue weighted by atomic mass is 10.2. The van der Waals surface area contributed by atoms with Crippen molar-refractivity contribution in [1.29, 1.82) is 0 Å². The summed E-state index contributed by atoms with van der Waals surface area (Å²) in [5.41, 5.74) is -1.06. The van der Waals surface area contributed by atoms with Crippen molar-refractivity contribution in [3.05, 3.63) is 21.0 Å². The second-order valence-corrected chi connectivity index (χ2v) is 3.89. The highest BCUT2D eigenvalue weighted by molar-refractivity contribution is 14.1. The van der Waals surface area contributed by atoms with Crippen molar-refractivity contribution < 1.29 is 31.8 Å². The molecule has 9 heteroatoms. The fourth-order valence-electron chi connectivity index (χ4n) is 1.04. The van der Waals surface area contributed by atoms with Gasteiger partial charge in [0.2, 0.25) is 0 Å². The fraction of sp³-hybridized carbons (Fsp3) is 0.375. The van der Waals surface area contributed by atoms with Crippen molar-refractivity contribution in [2.24, 2.45) is 0 Å². The molecule has 1 N–H and O–H groups in total. The zero-order chi connectivity index (χ0) is 13.2. The van der Waals surface area contributed by atoms with Crippen LogP contribution in [0.25, 0.3) is 0 Å². The first-order valence-electron chi connectivity index (χ1n) is 4.08. The lowest BCUT2D eigenvalue weighted by Gasteiger charge is -2.14. The molecule has 0 saturated heterocycles. The molecule has 0 bridgehead atoms. The number of nitrogens with zero attached hydrogens (tertiary/aromatic N) is 1. The molecule has 0 amide bonds. The molecule has 0 aliphatic heterocycles. The second kappa shape index (κ2) is 5.29. The van der Waals surface area contributed by atoms with E-state index in [1.165, 1.54) is 22.6 Å². The summed E-state index contributed by atoms with van der Waals surface area (Å²) >= 11 is 1.38. The number of alkyl halides is 5. The number of hydrogen-bond donors (Lipinski definition) is 1.